The first kappa shape index (κ1) is 37.6. The monoisotopic (exact) mass is 758 g/mol. The van der Waals surface area contributed by atoms with Crippen molar-refractivity contribution in [3.05, 3.63) is 155 Å². The van der Waals surface area contributed by atoms with Gasteiger partial charge in [0.25, 0.3) is 0 Å². The van der Waals surface area contributed by atoms with Gasteiger partial charge in [0, 0.05) is 22.2 Å². The van der Waals surface area contributed by atoms with Crippen molar-refractivity contribution in [2.75, 3.05) is 14.2 Å². The standard InChI is InChI=1S/C49H50N4O2S/c1-7-47(50,8-2)36-28-32(27-33(29-36)39-25-26-43(48(51,9-3)10-4)46-45(39)52-56-53-46)31-15-24-41-40-13-11-12-14-42(40)49(44(41)30-31,34-16-20-37(54-5)21-17-34)35-18-22-38(55-6)23-19-35/h11-30H,7-10,50-51H2,1-6H3. The molecule has 1 aromatic heterocycles. The summed E-state index contributed by atoms with van der Waals surface area (Å²) in [5.41, 5.74) is 28.1. The zero-order valence-electron chi connectivity index (χ0n) is 33.1. The van der Waals surface area contributed by atoms with Gasteiger partial charge in [-0.05, 0) is 130 Å². The molecule has 6 aromatic carbocycles. The first-order chi connectivity index (χ1) is 27.2. The van der Waals surface area contributed by atoms with Gasteiger partial charge in [0.2, 0.25) is 0 Å². The molecular weight excluding hydrogens is 709 g/mol. The summed E-state index contributed by atoms with van der Waals surface area (Å²) < 4.78 is 21.0. The molecule has 0 saturated carbocycles. The van der Waals surface area contributed by atoms with Crippen molar-refractivity contribution in [2.24, 2.45) is 11.5 Å². The second kappa shape index (κ2) is 14.6. The summed E-state index contributed by atoms with van der Waals surface area (Å²) >= 11 is 1.24. The minimum Gasteiger partial charge on any atom is -0.497 e. The summed E-state index contributed by atoms with van der Waals surface area (Å²) in [7, 11) is 3.42. The zero-order valence-corrected chi connectivity index (χ0v) is 34.0. The van der Waals surface area contributed by atoms with Gasteiger partial charge in [-0.1, -0.05) is 100 Å². The molecule has 4 N–H and O–H groups in total. The fraction of sp³-hybridized carbons (Fsp3) is 0.265. The van der Waals surface area contributed by atoms with E-state index in [-0.39, 0.29) is 0 Å². The van der Waals surface area contributed by atoms with Crippen LogP contribution in [0.4, 0.5) is 0 Å². The van der Waals surface area contributed by atoms with Crippen LogP contribution in [0.25, 0.3) is 44.4 Å². The van der Waals surface area contributed by atoms with Gasteiger partial charge in [-0.25, -0.2) is 0 Å². The maximum absolute atomic E-state index is 7.25. The number of benzene rings is 6. The lowest BCUT2D eigenvalue weighted by Crippen LogP contribution is -2.35. The molecule has 0 atom stereocenters. The zero-order chi connectivity index (χ0) is 39.2. The smallest absolute Gasteiger partial charge is 0.118 e. The summed E-state index contributed by atoms with van der Waals surface area (Å²) in [4.78, 5) is 0. The Morgan fingerprint density at radius 3 is 1.70 bits per heavy atom. The van der Waals surface area contributed by atoms with Crippen molar-refractivity contribution in [3.8, 4) is 44.9 Å². The van der Waals surface area contributed by atoms with E-state index in [9.17, 15) is 0 Å². The molecule has 1 aliphatic carbocycles. The molecule has 8 rings (SSSR count). The molecule has 7 aromatic rings. The van der Waals surface area contributed by atoms with Gasteiger partial charge in [0.1, 0.15) is 22.5 Å². The van der Waals surface area contributed by atoms with Gasteiger partial charge in [-0.2, -0.15) is 8.75 Å². The van der Waals surface area contributed by atoms with E-state index in [0.29, 0.717) is 0 Å². The molecule has 1 aliphatic rings. The van der Waals surface area contributed by atoms with Crippen LogP contribution >= 0.6 is 11.7 Å². The van der Waals surface area contributed by atoms with E-state index in [2.05, 4.69) is 149 Å². The number of rotatable bonds is 12. The van der Waals surface area contributed by atoms with Crippen molar-refractivity contribution in [3.63, 3.8) is 0 Å². The molecule has 0 radical (unpaired) electrons. The molecule has 6 nitrogen and oxygen atoms in total. The van der Waals surface area contributed by atoms with E-state index in [0.717, 1.165) is 92.7 Å². The lowest BCUT2D eigenvalue weighted by molar-refractivity contribution is 0.413. The highest BCUT2D eigenvalue weighted by atomic mass is 32.1. The average Bonchev–Trinajstić information content (AvgIpc) is 3.87. The highest BCUT2D eigenvalue weighted by Crippen LogP contribution is 2.57. The number of ether oxygens (including phenoxy) is 2. The molecule has 0 unspecified atom stereocenters. The van der Waals surface area contributed by atoms with Gasteiger partial charge in [0.15, 0.2) is 0 Å². The van der Waals surface area contributed by atoms with Crippen molar-refractivity contribution < 1.29 is 9.47 Å². The molecule has 0 fully saturated rings. The van der Waals surface area contributed by atoms with Crippen LogP contribution < -0.4 is 20.9 Å². The number of methoxy groups -OCH3 is 2. The molecule has 0 bridgehead atoms. The molecule has 0 amide bonds. The van der Waals surface area contributed by atoms with Crippen molar-refractivity contribution >= 4 is 22.8 Å². The first-order valence-corrected chi connectivity index (χ1v) is 20.4. The quantitative estimate of drug-likeness (QED) is 0.129. The minimum atomic E-state index is -0.604. The molecule has 1 heterocycles. The lowest BCUT2D eigenvalue weighted by atomic mass is 9.67. The first-order valence-electron chi connectivity index (χ1n) is 19.7. The maximum atomic E-state index is 7.25. The Bertz CT molecular complexity index is 2480. The number of nitrogens with two attached hydrogens (primary N) is 2. The van der Waals surface area contributed by atoms with Crippen molar-refractivity contribution in [2.45, 2.75) is 69.9 Å². The summed E-state index contributed by atoms with van der Waals surface area (Å²) in [6.07, 6.45) is 3.24. The Labute approximate surface area is 334 Å². The fourth-order valence-electron chi connectivity index (χ4n) is 8.96. The Morgan fingerprint density at radius 1 is 0.536 bits per heavy atom. The van der Waals surface area contributed by atoms with Crippen LogP contribution in [-0.2, 0) is 16.5 Å². The molecule has 0 spiro atoms. The van der Waals surface area contributed by atoms with Crippen LogP contribution in [0.5, 0.6) is 11.5 Å². The van der Waals surface area contributed by atoms with Crippen LogP contribution in [0, 0.1) is 0 Å². The van der Waals surface area contributed by atoms with Crippen molar-refractivity contribution in [1.29, 1.82) is 0 Å². The summed E-state index contributed by atoms with van der Waals surface area (Å²) in [5, 5.41) is 0. The van der Waals surface area contributed by atoms with Gasteiger partial charge in [-0.3, -0.25) is 0 Å². The van der Waals surface area contributed by atoms with Crippen molar-refractivity contribution in [1.82, 2.24) is 8.75 Å². The number of hydrogen-bond donors (Lipinski definition) is 2. The molecule has 56 heavy (non-hydrogen) atoms. The van der Waals surface area contributed by atoms with Crippen LogP contribution in [0.1, 0.15) is 86.8 Å². The van der Waals surface area contributed by atoms with Gasteiger partial charge in [-0.15, -0.1) is 0 Å². The highest BCUT2D eigenvalue weighted by molar-refractivity contribution is 7.00. The highest BCUT2D eigenvalue weighted by Gasteiger charge is 2.46. The number of hydrogen-bond acceptors (Lipinski definition) is 7. The molecule has 7 heteroatoms. The normalized spacial score (nSPS) is 13.4. The largest absolute Gasteiger partial charge is 0.497 e. The number of nitrogens with zero attached hydrogens (tertiary/aromatic N) is 2. The second-order valence-electron chi connectivity index (χ2n) is 15.2. The SMILES string of the molecule is CCC(N)(CC)c1cc(-c2ccc3c(c2)C(c2ccc(OC)cc2)(c2ccc(OC)cc2)c2ccccc2-3)cc(-c2ccc(C(N)(CC)CC)c3nsnc23)c1. The molecule has 0 saturated heterocycles. The minimum absolute atomic E-state index is 0.474. The van der Waals surface area contributed by atoms with E-state index < -0.39 is 16.5 Å². The Kier molecular flexibility index (Phi) is 9.82. The third kappa shape index (κ3) is 5.83. The number of aromatic nitrogens is 2. The third-order valence-corrected chi connectivity index (χ3v) is 13.2. The molecular formula is C49H50N4O2S. The van der Waals surface area contributed by atoms with Crippen LogP contribution in [0.15, 0.2) is 121 Å². The van der Waals surface area contributed by atoms with E-state index in [1.54, 1.807) is 14.2 Å². The Hall–Kier alpha value is -5.34. The van der Waals surface area contributed by atoms with Crippen LogP contribution in [-0.4, -0.2) is 23.0 Å². The summed E-state index contributed by atoms with van der Waals surface area (Å²) in [6, 6.07) is 44.0. The summed E-state index contributed by atoms with van der Waals surface area (Å²) in [6.45, 7) is 8.63. The van der Waals surface area contributed by atoms with E-state index in [1.165, 1.54) is 34.0 Å². The Balaban J connectivity index is 1.39. The van der Waals surface area contributed by atoms with Gasteiger partial charge in [0.05, 0.1) is 31.4 Å². The third-order valence-electron chi connectivity index (χ3n) is 12.7. The second-order valence-corrected chi connectivity index (χ2v) is 15.7. The van der Waals surface area contributed by atoms with Crippen LogP contribution in [0.2, 0.25) is 0 Å². The fourth-order valence-corrected chi connectivity index (χ4v) is 9.53. The van der Waals surface area contributed by atoms with Gasteiger partial charge >= 0.3 is 0 Å². The van der Waals surface area contributed by atoms with E-state index in [4.69, 9.17) is 29.7 Å². The predicted octanol–water partition coefficient (Wildman–Crippen LogP) is 11.4. The topological polar surface area (TPSA) is 96.3 Å². The molecule has 284 valence electrons. The predicted molar refractivity (Wildman–Crippen MR) is 232 cm³/mol. The summed E-state index contributed by atoms with van der Waals surface area (Å²) in [5.74, 6) is 1.64. The maximum Gasteiger partial charge on any atom is 0.118 e. The lowest BCUT2D eigenvalue weighted by Gasteiger charge is -2.34. The van der Waals surface area contributed by atoms with Gasteiger partial charge < -0.3 is 20.9 Å². The van der Waals surface area contributed by atoms with E-state index >= 15 is 0 Å². The van der Waals surface area contributed by atoms with Crippen LogP contribution in [0.3, 0.4) is 0 Å². The Morgan fingerprint density at radius 2 is 1.09 bits per heavy atom. The average molecular weight is 759 g/mol. The van der Waals surface area contributed by atoms with E-state index in [1.807, 2.05) is 0 Å². The molecule has 0 aliphatic heterocycles. The number of fused-ring (bicyclic) bond motifs is 4.